The highest BCUT2D eigenvalue weighted by Gasteiger charge is 2.13. The zero-order valence-electron chi connectivity index (χ0n) is 10.2. The number of esters is 1. The first-order valence-electron chi connectivity index (χ1n) is 5.86. The summed E-state index contributed by atoms with van der Waals surface area (Å²) in [6.07, 6.45) is 0.572. The number of halogens is 1. The summed E-state index contributed by atoms with van der Waals surface area (Å²) in [6.45, 7) is 0.179. The Morgan fingerprint density at radius 1 is 1.16 bits per heavy atom. The summed E-state index contributed by atoms with van der Waals surface area (Å²) in [4.78, 5) is 11.7. The number of aromatic hydroxyl groups is 1. The van der Waals surface area contributed by atoms with E-state index in [1.807, 2.05) is 30.3 Å². The van der Waals surface area contributed by atoms with Crippen molar-refractivity contribution in [2.75, 3.05) is 6.61 Å². The average Bonchev–Trinajstić information content (AvgIpc) is 2.42. The molecule has 4 heteroatoms. The lowest BCUT2D eigenvalue weighted by atomic mass is 10.1. The fourth-order valence-corrected chi connectivity index (χ4v) is 1.66. The molecule has 0 amide bonds. The monoisotopic (exact) mass is 260 g/mol. The van der Waals surface area contributed by atoms with Crippen LogP contribution in [0.5, 0.6) is 5.75 Å². The molecule has 0 aromatic heterocycles. The standard InChI is InChI=1S/C15H13FO3/c16-12-6-7-14(17)13(10-12)15(18)19-9-8-11-4-2-1-3-5-11/h1-7,10,17H,8-9H2. The van der Waals surface area contributed by atoms with Gasteiger partial charge in [0.05, 0.1) is 6.61 Å². The second-order valence-corrected chi connectivity index (χ2v) is 4.03. The van der Waals surface area contributed by atoms with Gasteiger partial charge in [0, 0.05) is 6.42 Å². The van der Waals surface area contributed by atoms with Gasteiger partial charge in [0.25, 0.3) is 0 Å². The third-order valence-electron chi connectivity index (χ3n) is 2.65. The van der Waals surface area contributed by atoms with E-state index in [1.165, 1.54) is 0 Å². The molecule has 0 heterocycles. The number of phenols is 1. The Morgan fingerprint density at radius 3 is 2.63 bits per heavy atom. The molecular formula is C15H13FO3. The van der Waals surface area contributed by atoms with Crippen molar-refractivity contribution in [2.24, 2.45) is 0 Å². The highest BCUT2D eigenvalue weighted by Crippen LogP contribution is 2.18. The molecule has 0 spiro atoms. The minimum absolute atomic E-state index is 0.159. The molecule has 0 aliphatic carbocycles. The molecule has 0 saturated carbocycles. The average molecular weight is 260 g/mol. The molecule has 19 heavy (non-hydrogen) atoms. The maximum atomic E-state index is 13.0. The van der Waals surface area contributed by atoms with Gasteiger partial charge < -0.3 is 9.84 Å². The number of rotatable bonds is 4. The summed E-state index contributed by atoms with van der Waals surface area (Å²) in [5.41, 5.74) is 0.881. The first-order valence-corrected chi connectivity index (χ1v) is 5.86. The maximum Gasteiger partial charge on any atom is 0.342 e. The normalized spacial score (nSPS) is 10.2. The molecule has 2 aromatic carbocycles. The fraction of sp³-hybridized carbons (Fsp3) is 0.133. The van der Waals surface area contributed by atoms with E-state index in [-0.39, 0.29) is 17.9 Å². The molecular weight excluding hydrogens is 247 g/mol. The predicted octanol–water partition coefficient (Wildman–Crippen LogP) is 2.93. The van der Waals surface area contributed by atoms with Crippen LogP contribution in [0.1, 0.15) is 15.9 Å². The van der Waals surface area contributed by atoms with Gasteiger partial charge in [-0.15, -0.1) is 0 Å². The zero-order valence-corrected chi connectivity index (χ0v) is 10.2. The van der Waals surface area contributed by atoms with Crippen molar-refractivity contribution in [3.05, 3.63) is 65.5 Å². The molecule has 0 bridgehead atoms. The maximum absolute atomic E-state index is 13.0. The number of ether oxygens (including phenoxy) is 1. The molecule has 1 N–H and O–H groups in total. The second-order valence-electron chi connectivity index (χ2n) is 4.03. The van der Waals surface area contributed by atoms with E-state index in [4.69, 9.17) is 4.74 Å². The Hall–Kier alpha value is -2.36. The van der Waals surface area contributed by atoms with E-state index in [1.54, 1.807) is 0 Å². The Bertz CT molecular complexity index is 567. The van der Waals surface area contributed by atoms with Crippen LogP contribution in [0, 0.1) is 5.82 Å². The van der Waals surface area contributed by atoms with E-state index in [0.717, 1.165) is 23.8 Å². The molecule has 0 aliphatic rings. The van der Waals surface area contributed by atoms with Crippen LogP contribution in [0.2, 0.25) is 0 Å². The van der Waals surface area contributed by atoms with Crippen LogP contribution < -0.4 is 0 Å². The predicted molar refractivity (Wildman–Crippen MR) is 68.5 cm³/mol. The number of phenolic OH excluding ortho intramolecular Hbond substituents is 1. The van der Waals surface area contributed by atoms with E-state index in [9.17, 15) is 14.3 Å². The van der Waals surface area contributed by atoms with Gasteiger partial charge in [0.15, 0.2) is 0 Å². The van der Waals surface area contributed by atoms with Gasteiger partial charge >= 0.3 is 5.97 Å². The molecule has 0 saturated heterocycles. The number of hydrogen-bond acceptors (Lipinski definition) is 3. The minimum Gasteiger partial charge on any atom is -0.507 e. The Labute approximate surface area is 110 Å². The molecule has 0 fully saturated rings. The number of carbonyl (C=O) groups is 1. The summed E-state index contributed by atoms with van der Waals surface area (Å²) >= 11 is 0. The van der Waals surface area contributed by atoms with Crippen LogP contribution in [0.15, 0.2) is 48.5 Å². The summed E-state index contributed by atoms with van der Waals surface area (Å²) in [7, 11) is 0. The third-order valence-corrected chi connectivity index (χ3v) is 2.65. The van der Waals surface area contributed by atoms with Crippen molar-refractivity contribution >= 4 is 5.97 Å². The van der Waals surface area contributed by atoms with Gasteiger partial charge in [0.1, 0.15) is 17.1 Å². The molecule has 98 valence electrons. The van der Waals surface area contributed by atoms with Crippen molar-refractivity contribution < 1.29 is 19.0 Å². The molecule has 2 rings (SSSR count). The van der Waals surface area contributed by atoms with Crippen LogP contribution in [0.25, 0.3) is 0 Å². The molecule has 2 aromatic rings. The van der Waals surface area contributed by atoms with Gasteiger partial charge in [-0.2, -0.15) is 0 Å². The molecule has 0 radical (unpaired) electrons. The first-order chi connectivity index (χ1) is 9.16. The topological polar surface area (TPSA) is 46.5 Å². The Kier molecular flexibility index (Phi) is 4.13. The third kappa shape index (κ3) is 3.55. The smallest absolute Gasteiger partial charge is 0.342 e. The minimum atomic E-state index is -0.729. The largest absolute Gasteiger partial charge is 0.507 e. The summed E-state index contributed by atoms with van der Waals surface area (Å²) < 4.78 is 18.0. The summed E-state index contributed by atoms with van der Waals surface area (Å²) in [5.74, 6) is -1.60. The van der Waals surface area contributed by atoms with E-state index in [0.29, 0.717) is 6.42 Å². The fourth-order valence-electron chi connectivity index (χ4n) is 1.66. The van der Waals surface area contributed by atoms with Crippen molar-refractivity contribution in [2.45, 2.75) is 6.42 Å². The van der Waals surface area contributed by atoms with E-state index in [2.05, 4.69) is 0 Å². The van der Waals surface area contributed by atoms with Gasteiger partial charge in [-0.3, -0.25) is 0 Å². The molecule has 0 atom stereocenters. The van der Waals surface area contributed by atoms with Gasteiger partial charge in [-0.25, -0.2) is 9.18 Å². The Balaban J connectivity index is 1.93. The van der Waals surface area contributed by atoms with Gasteiger partial charge in [0.2, 0.25) is 0 Å². The lowest BCUT2D eigenvalue weighted by molar-refractivity contribution is 0.0505. The van der Waals surface area contributed by atoms with Crippen molar-refractivity contribution in [1.82, 2.24) is 0 Å². The zero-order chi connectivity index (χ0) is 13.7. The molecule has 0 unspecified atom stereocenters. The van der Waals surface area contributed by atoms with E-state index >= 15 is 0 Å². The van der Waals surface area contributed by atoms with Gasteiger partial charge in [-0.1, -0.05) is 30.3 Å². The van der Waals surface area contributed by atoms with Crippen LogP contribution >= 0.6 is 0 Å². The van der Waals surface area contributed by atoms with Gasteiger partial charge in [-0.05, 0) is 23.8 Å². The Morgan fingerprint density at radius 2 is 1.89 bits per heavy atom. The number of carbonyl (C=O) groups excluding carboxylic acids is 1. The van der Waals surface area contributed by atoms with Crippen LogP contribution in [0.4, 0.5) is 4.39 Å². The molecule has 3 nitrogen and oxygen atoms in total. The number of benzene rings is 2. The highest BCUT2D eigenvalue weighted by atomic mass is 19.1. The van der Waals surface area contributed by atoms with Crippen molar-refractivity contribution in [3.8, 4) is 5.75 Å². The van der Waals surface area contributed by atoms with E-state index < -0.39 is 11.8 Å². The van der Waals surface area contributed by atoms with Crippen LogP contribution in [-0.2, 0) is 11.2 Å². The SMILES string of the molecule is O=C(OCCc1ccccc1)c1cc(F)ccc1O. The highest BCUT2D eigenvalue weighted by molar-refractivity contribution is 5.92. The van der Waals surface area contributed by atoms with Crippen LogP contribution in [-0.4, -0.2) is 17.7 Å². The van der Waals surface area contributed by atoms with Crippen molar-refractivity contribution in [1.29, 1.82) is 0 Å². The first kappa shape index (κ1) is 13.1. The molecule has 0 aliphatic heterocycles. The lowest BCUT2D eigenvalue weighted by Crippen LogP contribution is -2.08. The lowest BCUT2D eigenvalue weighted by Gasteiger charge is -2.06. The van der Waals surface area contributed by atoms with Crippen LogP contribution in [0.3, 0.4) is 0 Å². The quantitative estimate of drug-likeness (QED) is 0.860. The summed E-state index contributed by atoms with van der Waals surface area (Å²) in [6, 6.07) is 12.7. The summed E-state index contributed by atoms with van der Waals surface area (Å²) in [5, 5.41) is 9.45. The van der Waals surface area contributed by atoms with Crippen molar-refractivity contribution in [3.63, 3.8) is 0 Å². The second kappa shape index (κ2) is 6.00. The number of hydrogen-bond donors (Lipinski definition) is 1.